The molecule has 2 amide bonds. The van der Waals surface area contributed by atoms with Gasteiger partial charge in [-0.3, -0.25) is 4.98 Å². The number of anilines is 1. The number of carbonyl (C=O) groups is 1. The van der Waals surface area contributed by atoms with E-state index in [0.29, 0.717) is 17.0 Å². The zero-order chi connectivity index (χ0) is 22.1. The molecule has 0 unspecified atom stereocenters. The van der Waals surface area contributed by atoms with Gasteiger partial charge in [-0.25, -0.2) is 9.18 Å². The van der Waals surface area contributed by atoms with E-state index in [4.69, 9.17) is 4.74 Å². The average molecular weight is 431 g/mol. The third-order valence-corrected chi connectivity index (χ3v) is 5.02. The van der Waals surface area contributed by atoms with Gasteiger partial charge in [0, 0.05) is 18.3 Å². The Bertz CT molecular complexity index is 1100. The fraction of sp³-hybridized carbons (Fsp3) is 0.182. The van der Waals surface area contributed by atoms with Crippen molar-refractivity contribution in [3.05, 3.63) is 89.5 Å². The van der Waals surface area contributed by atoms with E-state index >= 15 is 0 Å². The summed E-state index contributed by atoms with van der Waals surface area (Å²) in [7, 11) is 0. The Morgan fingerprint density at radius 3 is 2.55 bits per heavy atom. The zero-order valence-electron chi connectivity index (χ0n) is 16.0. The van der Waals surface area contributed by atoms with Crippen LogP contribution in [0, 0.1) is 5.82 Å². The van der Waals surface area contributed by atoms with Crippen molar-refractivity contribution >= 4 is 11.7 Å². The third kappa shape index (κ3) is 4.16. The normalized spacial score (nSPS) is 17.9. The first-order valence-electron chi connectivity index (χ1n) is 9.39. The SMILES string of the molecule is O=C(Nc1cccc(F)c1)N[C@]1(c2ccc(C(F)(F)F)cc2)CCOc2cccnc21. The predicted octanol–water partition coefficient (Wildman–Crippen LogP) is 5.09. The Hall–Kier alpha value is -3.62. The third-order valence-electron chi connectivity index (χ3n) is 5.02. The van der Waals surface area contributed by atoms with E-state index < -0.39 is 29.1 Å². The van der Waals surface area contributed by atoms with Gasteiger partial charge in [0.15, 0.2) is 0 Å². The minimum atomic E-state index is -4.49. The second-order valence-corrected chi connectivity index (χ2v) is 7.02. The van der Waals surface area contributed by atoms with Crippen LogP contribution in [0.1, 0.15) is 23.2 Å². The summed E-state index contributed by atoms with van der Waals surface area (Å²) < 4.78 is 58.2. The van der Waals surface area contributed by atoms with Crippen molar-refractivity contribution in [2.75, 3.05) is 11.9 Å². The van der Waals surface area contributed by atoms with Crippen LogP contribution in [0.25, 0.3) is 0 Å². The predicted molar refractivity (Wildman–Crippen MR) is 105 cm³/mol. The first-order chi connectivity index (χ1) is 14.8. The quantitative estimate of drug-likeness (QED) is 0.568. The molecule has 3 aromatic rings. The number of benzene rings is 2. The van der Waals surface area contributed by atoms with Crippen LogP contribution in [0.15, 0.2) is 66.9 Å². The number of halogens is 4. The lowest BCUT2D eigenvalue weighted by Gasteiger charge is -2.39. The van der Waals surface area contributed by atoms with Crippen LogP contribution >= 0.6 is 0 Å². The average Bonchev–Trinajstić information content (AvgIpc) is 2.73. The Morgan fingerprint density at radius 2 is 1.84 bits per heavy atom. The largest absolute Gasteiger partial charge is 0.491 e. The first-order valence-corrected chi connectivity index (χ1v) is 9.39. The molecule has 0 saturated heterocycles. The summed E-state index contributed by atoms with van der Waals surface area (Å²) in [5, 5.41) is 5.39. The fourth-order valence-corrected chi connectivity index (χ4v) is 3.60. The zero-order valence-corrected chi connectivity index (χ0v) is 16.0. The smallest absolute Gasteiger partial charge is 0.416 e. The lowest BCUT2D eigenvalue weighted by molar-refractivity contribution is -0.137. The number of nitrogens with zero attached hydrogens (tertiary/aromatic N) is 1. The summed E-state index contributed by atoms with van der Waals surface area (Å²) in [6.07, 6.45) is -2.74. The molecular weight excluding hydrogens is 414 g/mol. The van der Waals surface area contributed by atoms with Crippen molar-refractivity contribution in [2.45, 2.75) is 18.1 Å². The molecule has 31 heavy (non-hydrogen) atoms. The van der Waals surface area contributed by atoms with Gasteiger partial charge < -0.3 is 15.4 Å². The van der Waals surface area contributed by atoms with Gasteiger partial charge >= 0.3 is 12.2 Å². The van der Waals surface area contributed by atoms with Gasteiger partial charge in [-0.2, -0.15) is 13.2 Å². The highest BCUT2D eigenvalue weighted by Crippen LogP contribution is 2.41. The summed E-state index contributed by atoms with van der Waals surface area (Å²) in [6, 6.07) is 12.6. The molecule has 9 heteroatoms. The minimum absolute atomic E-state index is 0.208. The number of nitrogens with one attached hydrogen (secondary N) is 2. The number of aromatic nitrogens is 1. The van der Waals surface area contributed by atoms with E-state index in [1.54, 1.807) is 12.1 Å². The number of pyridine rings is 1. The topological polar surface area (TPSA) is 63.2 Å². The number of alkyl halides is 3. The second-order valence-electron chi connectivity index (χ2n) is 7.02. The number of hydrogen-bond donors (Lipinski definition) is 2. The molecule has 1 aromatic heterocycles. The van der Waals surface area contributed by atoms with Crippen molar-refractivity contribution in [3.8, 4) is 5.75 Å². The van der Waals surface area contributed by atoms with E-state index in [-0.39, 0.29) is 18.7 Å². The van der Waals surface area contributed by atoms with Crippen molar-refractivity contribution < 1.29 is 27.1 Å². The number of carbonyl (C=O) groups excluding carboxylic acids is 1. The van der Waals surface area contributed by atoms with E-state index in [1.165, 1.54) is 36.5 Å². The maximum atomic E-state index is 13.5. The maximum Gasteiger partial charge on any atom is 0.416 e. The second kappa shape index (κ2) is 7.90. The van der Waals surface area contributed by atoms with Crippen LogP contribution in [-0.4, -0.2) is 17.6 Å². The molecule has 2 heterocycles. The summed E-state index contributed by atoms with van der Waals surface area (Å²) in [6.45, 7) is 0.208. The molecule has 2 aromatic carbocycles. The Kier molecular flexibility index (Phi) is 5.26. The molecule has 0 bridgehead atoms. The lowest BCUT2D eigenvalue weighted by Crippen LogP contribution is -2.51. The highest BCUT2D eigenvalue weighted by Gasteiger charge is 2.43. The number of fused-ring (bicyclic) bond motifs is 1. The van der Waals surface area contributed by atoms with Crippen LogP contribution in [-0.2, 0) is 11.7 Å². The van der Waals surface area contributed by atoms with Gasteiger partial charge in [0.05, 0.1) is 12.2 Å². The van der Waals surface area contributed by atoms with Crippen LogP contribution < -0.4 is 15.4 Å². The first kappa shape index (κ1) is 20.6. The molecule has 1 atom stereocenters. The van der Waals surface area contributed by atoms with Crippen molar-refractivity contribution in [2.24, 2.45) is 0 Å². The van der Waals surface area contributed by atoms with Crippen molar-refractivity contribution in [1.29, 1.82) is 0 Å². The number of urea groups is 1. The van der Waals surface area contributed by atoms with Gasteiger partial charge in [0.2, 0.25) is 0 Å². The number of rotatable bonds is 3. The molecule has 0 spiro atoms. The van der Waals surface area contributed by atoms with E-state index in [0.717, 1.165) is 18.2 Å². The molecule has 1 aliphatic rings. The molecule has 0 aliphatic carbocycles. The van der Waals surface area contributed by atoms with Crippen LogP contribution in [0.2, 0.25) is 0 Å². The van der Waals surface area contributed by atoms with E-state index in [1.807, 2.05) is 0 Å². The summed E-state index contributed by atoms with van der Waals surface area (Å²) in [5.41, 5.74) is -1.03. The highest BCUT2D eigenvalue weighted by atomic mass is 19.4. The lowest BCUT2D eigenvalue weighted by atomic mass is 9.81. The summed E-state index contributed by atoms with van der Waals surface area (Å²) in [4.78, 5) is 17.2. The van der Waals surface area contributed by atoms with E-state index in [9.17, 15) is 22.4 Å². The number of ether oxygens (including phenoxy) is 1. The molecule has 2 N–H and O–H groups in total. The van der Waals surface area contributed by atoms with Gasteiger partial charge in [-0.15, -0.1) is 0 Å². The van der Waals surface area contributed by atoms with Gasteiger partial charge in [0.25, 0.3) is 0 Å². The van der Waals surface area contributed by atoms with Gasteiger partial charge in [-0.1, -0.05) is 18.2 Å². The molecule has 0 saturated carbocycles. The van der Waals surface area contributed by atoms with Crippen LogP contribution in [0.5, 0.6) is 5.75 Å². The maximum absolute atomic E-state index is 13.5. The number of hydrogen-bond acceptors (Lipinski definition) is 3. The minimum Gasteiger partial charge on any atom is -0.491 e. The monoisotopic (exact) mass is 431 g/mol. The molecule has 1 aliphatic heterocycles. The molecule has 160 valence electrons. The van der Waals surface area contributed by atoms with Crippen molar-refractivity contribution in [3.63, 3.8) is 0 Å². The standard InChI is InChI=1S/C22H17F4N3O2/c23-16-3-1-4-17(13-16)28-20(30)29-21(10-12-31-18-5-2-11-27-19(18)21)14-6-8-15(9-7-14)22(24,25)26/h1-9,11,13H,10,12H2,(H2,28,29,30)/t21-/m0/s1. The Morgan fingerprint density at radius 1 is 1.06 bits per heavy atom. The summed E-state index contributed by atoms with van der Waals surface area (Å²) >= 11 is 0. The molecule has 0 fully saturated rings. The van der Waals surface area contributed by atoms with Crippen LogP contribution in [0.4, 0.5) is 28.0 Å². The molecule has 4 rings (SSSR count). The Labute approximate surface area is 175 Å². The van der Waals surface area contributed by atoms with Gasteiger partial charge in [0.1, 0.15) is 22.8 Å². The van der Waals surface area contributed by atoms with E-state index in [2.05, 4.69) is 15.6 Å². The molecule has 5 nitrogen and oxygen atoms in total. The fourth-order valence-electron chi connectivity index (χ4n) is 3.60. The molecule has 0 radical (unpaired) electrons. The molecular formula is C22H17F4N3O2. The highest BCUT2D eigenvalue weighted by molar-refractivity contribution is 5.90. The number of amides is 2. The summed E-state index contributed by atoms with van der Waals surface area (Å²) in [5.74, 6) is -0.104. The van der Waals surface area contributed by atoms with Gasteiger partial charge in [-0.05, 0) is 48.0 Å². The Balaban J connectivity index is 1.73. The van der Waals surface area contributed by atoms with Crippen LogP contribution in [0.3, 0.4) is 0 Å². The van der Waals surface area contributed by atoms with Crippen molar-refractivity contribution in [1.82, 2.24) is 10.3 Å².